The number of fused-ring (bicyclic) bond motifs is 7. The van der Waals surface area contributed by atoms with Crippen LogP contribution in [0.25, 0.3) is 33.3 Å². The average molecular weight is 1150 g/mol. The van der Waals surface area contributed by atoms with E-state index < -0.39 is 47.8 Å². The third kappa shape index (κ3) is 11.7. The Bertz CT molecular complexity index is 3130. The largest absolute Gasteiger partial charge is 0.464 e. The van der Waals surface area contributed by atoms with Gasteiger partial charge in [0.1, 0.15) is 30.3 Å². The molecule has 13 rings (SSSR count). The summed E-state index contributed by atoms with van der Waals surface area (Å²) < 4.78 is 65.7. The minimum Gasteiger partial charge on any atom is -0.464 e. The second-order valence-electron chi connectivity index (χ2n) is 26.7. The lowest BCUT2D eigenvalue weighted by Gasteiger charge is -2.55. The fraction of sp³-hybridized carbons (Fsp3) is 0.635. The second kappa shape index (κ2) is 22.3. The van der Waals surface area contributed by atoms with Crippen molar-refractivity contribution in [2.24, 2.45) is 17.3 Å². The molecule has 2 aliphatic carbocycles. The summed E-state index contributed by atoms with van der Waals surface area (Å²) in [6.07, 6.45) is 4.69. The van der Waals surface area contributed by atoms with Crippen molar-refractivity contribution in [3.05, 3.63) is 71.5 Å². The molecule has 9 heterocycles. The van der Waals surface area contributed by atoms with Crippen LogP contribution in [0.15, 0.2) is 54.7 Å². The van der Waals surface area contributed by atoms with Crippen LogP contribution in [0.5, 0.6) is 0 Å². The highest BCUT2D eigenvalue weighted by molar-refractivity contribution is 5.96. The molecule has 0 unspecified atom stereocenters. The molecule has 8 fully saturated rings. The maximum atomic E-state index is 15.3. The van der Waals surface area contributed by atoms with E-state index in [4.69, 9.17) is 19.2 Å². The fourth-order valence-corrected chi connectivity index (χ4v) is 15.0. The first kappa shape index (κ1) is 56.5. The van der Waals surface area contributed by atoms with E-state index in [0.29, 0.717) is 111 Å². The lowest BCUT2D eigenvalue weighted by molar-refractivity contribution is -0.197. The van der Waals surface area contributed by atoms with Gasteiger partial charge in [0.25, 0.3) is 5.91 Å². The first-order valence-corrected chi connectivity index (χ1v) is 30.7. The number of anilines is 1. The molecule has 0 radical (unpaired) electrons. The zero-order valence-electron chi connectivity index (χ0n) is 48.5. The van der Waals surface area contributed by atoms with Gasteiger partial charge in [0.15, 0.2) is 0 Å². The molecule has 2 aromatic carbocycles. The normalized spacial score (nSPS) is 27.5. The van der Waals surface area contributed by atoms with Crippen molar-refractivity contribution in [3.63, 3.8) is 0 Å². The molecule has 446 valence electrons. The molecule has 1 spiro atoms. The fourth-order valence-electron chi connectivity index (χ4n) is 15.0. The summed E-state index contributed by atoms with van der Waals surface area (Å²) in [6, 6.07) is 13.4. The van der Waals surface area contributed by atoms with Gasteiger partial charge in [-0.15, -0.1) is 0 Å². The number of cyclic esters (lactones) is 1. The van der Waals surface area contributed by atoms with Gasteiger partial charge in [-0.3, -0.25) is 44.3 Å². The smallest absolute Gasteiger partial charge is 0.406 e. The number of carbonyl (C=O) groups excluding carboxylic acids is 4. The van der Waals surface area contributed by atoms with Crippen LogP contribution >= 0.6 is 0 Å². The number of hydrogen-bond donors (Lipinski definition) is 3. The van der Waals surface area contributed by atoms with Gasteiger partial charge in [-0.05, 0) is 103 Å². The Kier molecular flexibility index (Phi) is 15.2. The molecule has 2 aromatic heterocycles. The number of halogens is 3. The highest BCUT2D eigenvalue weighted by Gasteiger charge is 2.58. The number of ether oxygens (including phenoxy) is 3. The van der Waals surface area contributed by atoms with Crippen LogP contribution in [-0.2, 0) is 52.8 Å². The summed E-state index contributed by atoms with van der Waals surface area (Å²) in [7, 11) is 0. The summed E-state index contributed by atoms with van der Waals surface area (Å²) in [5.74, 6) is -0.482. The number of amides is 3. The van der Waals surface area contributed by atoms with Gasteiger partial charge in [-0.2, -0.15) is 13.2 Å². The van der Waals surface area contributed by atoms with Crippen molar-refractivity contribution >= 4 is 40.3 Å². The number of morpholine rings is 2. The first-order valence-electron chi connectivity index (χ1n) is 30.7. The summed E-state index contributed by atoms with van der Waals surface area (Å²) in [5, 5.41) is 8.81. The van der Waals surface area contributed by atoms with Crippen LogP contribution in [0, 0.1) is 17.3 Å². The third-order valence-corrected chi connectivity index (χ3v) is 19.4. The summed E-state index contributed by atoms with van der Waals surface area (Å²) >= 11 is 0. The number of esters is 1. The number of likely N-dealkylation sites (tertiary alicyclic amines) is 1. The molecule has 6 saturated heterocycles. The van der Waals surface area contributed by atoms with Crippen LogP contribution in [0.3, 0.4) is 0 Å². The lowest BCUT2D eigenvalue weighted by Crippen LogP contribution is -2.73. The van der Waals surface area contributed by atoms with Gasteiger partial charge in [0.05, 0.1) is 74.9 Å². The number of aromatic nitrogens is 2. The number of hydrazine groups is 1. The minimum absolute atomic E-state index is 0.0504. The first-order chi connectivity index (χ1) is 39.9. The Morgan fingerprint density at radius 2 is 1.71 bits per heavy atom. The maximum absolute atomic E-state index is 15.3. The van der Waals surface area contributed by atoms with Crippen LogP contribution in [0.4, 0.5) is 18.9 Å². The number of piperazine rings is 1. The van der Waals surface area contributed by atoms with Crippen molar-refractivity contribution in [1.29, 1.82) is 0 Å². The van der Waals surface area contributed by atoms with E-state index in [1.54, 1.807) is 6.07 Å². The molecule has 17 nitrogen and oxygen atoms in total. The van der Waals surface area contributed by atoms with E-state index in [1.165, 1.54) is 22.4 Å². The Morgan fingerprint density at radius 3 is 2.49 bits per heavy atom. The molecular weight excluding hydrogens is 1070 g/mol. The summed E-state index contributed by atoms with van der Waals surface area (Å²) in [6.45, 7) is 13.9. The van der Waals surface area contributed by atoms with E-state index >= 15 is 22.8 Å². The van der Waals surface area contributed by atoms with E-state index in [9.17, 15) is 9.59 Å². The maximum Gasteiger partial charge on any atom is 0.406 e. The number of carbonyl (C=O) groups is 4. The molecule has 6 bridgehead atoms. The van der Waals surface area contributed by atoms with Crippen LogP contribution in [0.2, 0.25) is 0 Å². The SMILES string of the molecule is CC(C)c1ncc(N2CCN3CCOC[C@@H]3C2)cc1-c1c2c3cc(ccc3n1CC(F)(F)F)-c1cccc(c1)C[C@H](NC(=O)[C@H](C1CCCC1)N1CCOC3(CN(C(=O)[C@@H]4N[C@@H]4C4CC4)C3)C1)C(=O)N1CCC[C@H](N1)C(=O)OCC(C)(C)C2. The molecule has 9 aliphatic rings. The van der Waals surface area contributed by atoms with Crippen molar-refractivity contribution in [2.45, 2.75) is 152 Å². The van der Waals surface area contributed by atoms with Crippen molar-refractivity contribution in [2.75, 3.05) is 90.2 Å². The van der Waals surface area contributed by atoms with Crippen LogP contribution in [-0.4, -0.2) is 186 Å². The number of pyridine rings is 1. The molecule has 83 heavy (non-hydrogen) atoms. The Morgan fingerprint density at radius 1 is 0.904 bits per heavy atom. The molecule has 3 amide bonds. The minimum atomic E-state index is -4.58. The van der Waals surface area contributed by atoms with Crippen LogP contribution in [0.1, 0.15) is 102 Å². The molecule has 3 N–H and O–H groups in total. The molecule has 6 atom stereocenters. The predicted octanol–water partition coefficient (Wildman–Crippen LogP) is 6.45. The van der Waals surface area contributed by atoms with Gasteiger partial charge in [-0.1, -0.05) is 70.9 Å². The standard InChI is InChI=1S/C63H81F3N10O7/c1-38(2)52-47(28-44(30-67-52)72-20-19-71-21-23-81-32-45(71)31-72)56-48-29-61(3,4)37-82-60(80)49-13-8-18-76(70-49)58(78)50(26-39-9-7-12-42(25-39)43-16-17-51(46(48)27-43)75(56)36-63(64,65)66)68-57(77)55(41-10-5-6-11-41)73-22-24-83-62(33-73)34-74(35-62)59(79)54-53(69-54)40-14-15-40/h7,9,12,16-17,25,27-28,30,38,40-41,45,49-50,53-55,69-70H,5-6,8,10-11,13-15,18-24,26,29,31-37H2,1-4H3,(H,68,77)/t45-,49-,50-,53+,54+,55-/m0/s1. The van der Waals surface area contributed by atoms with Gasteiger partial charge < -0.3 is 33.9 Å². The number of alkyl halides is 3. The Hall–Kier alpha value is -5.64. The van der Waals surface area contributed by atoms with Gasteiger partial charge in [0, 0.05) is 80.2 Å². The molecule has 7 aliphatic heterocycles. The average Bonchev–Trinajstić information content (AvgIpc) is 4.56. The highest BCUT2D eigenvalue weighted by atomic mass is 19.4. The van der Waals surface area contributed by atoms with Gasteiger partial charge >= 0.3 is 12.1 Å². The second-order valence-corrected chi connectivity index (χ2v) is 26.7. The van der Waals surface area contributed by atoms with E-state index in [1.807, 2.05) is 81.3 Å². The van der Waals surface area contributed by atoms with Crippen LogP contribution < -0.4 is 21.0 Å². The van der Waals surface area contributed by atoms with E-state index in [-0.39, 0.29) is 67.1 Å². The zero-order valence-corrected chi connectivity index (χ0v) is 48.5. The monoisotopic (exact) mass is 1150 g/mol. The molecule has 2 saturated carbocycles. The Labute approximate surface area is 484 Å². The van der Waals surface area contributed by atoms with E-state index in [2.05, 4.69) is 30.8 Å². The third-order valence-electron chi connectivity index (χ3n) is 19.4. The van der Waals surface area contributed by atoms with Crippen molar-refractivity contribution in [3.8, 4) is 22.4 Å². The zero-order chi connectivity index (χ0) is 57.5. The predicted molar refractivity (Wildman–Crippen MR) is 307 cm³/mol. The van der Waals surface area contributed by atoms with Crippen molar-refractivity contribution < 1.29 is 46.6 Å². The van der Waals surface area contributed by atoms with Gasteiger partial charge in [-0.25, -0.2) is 5.43 Å². The number of hydrogen-bond acceptors (Lipinski definition) is 13. The number of benzene rings is 2. The van der Waals surface area contributed by atoms with Crippen molar-refractivity contribution in [1.82, 2.24) is 45.3 Å². The van der Waals surface area contributed by atoms with Gasteiger partial charge in [0.2, 0.25) is 11.8 Å². The topological polar surface area (TPSA) is 176 Å². The Balaban J connectivity index is 0.853. The summed E-state index contributed by atoms with van der Waals surface area (Å²) in [5.41, 5.74) is 7.92. The quantitative estimate of drug-likeness (QED) is 0.117. The summed E-state index contributed by atoms with van der Waals surface area (Å²) in [4.78, 5) is 72.1. The number of nitrogens with one attached hydrogen (secondary N) is 3. The molecule has 20 heteroatoms. The molecule has 4 aromatic rings. The number of rotatable bonds is 10. The van der Waals surface area contributed by atoms with E-state index in [0.717, 1.165) is 67.7 Å². The number of nitrogens with zero attached hydrogens (tertiary/aromatic N) is 7. The molecular formula is C63H81F3N10O7. The lowest BCUT2D eigenvalue weighted by atomic mass is 9.83. The highest BCUT2D eigenvalue weighted by Crippen LogP contribution is 2.46.